The number of rotatable bonds is 3. The molecule has 0 saturated carbocycles. The molecule has 1 aliphatic heterocycles. The number of esters is 2. The summed E-state index contributed by atoms with van der Waals surface area (Å²) < 4.78 is 9.58. The first-order valence-electron chi connectivity index (χ1n) is 4.93. The van der Waals surface area contributed by atoms with Crippen LogP contribution in [0.3, 0.4) is 0 Å². The van der Waals surface area contributed by atoms with Crippen molar-refractivity contribution >= 4 is 17.7 Å². The largest absolute Gasteiger partial charge is 0.465 e. The van der Waals surface area contributed by atoms with E-state index in [1.54, 1.807) is 13.8 Å². The Bertz CT molecular complexity index is 309. The third-order valence-corrected chi connectivity index (χ3v) is 2.77. The van der Waals surface area contributed by atoms with Gasteiger partial charge in [0.1, 0.15) is 6.10 Å². The fourth-order valence-electron chi connectivity index (χ4n) is 1.79. The SMILES string of the molecule is CCOC(=O)C1(CC)C(=O)C(=O)OC1C. The molecule has 0 bridgehead atoms. The minimum atomic E-state index is -1.44. The molecule has 1 fully saturated rings. The van der Waals surface area contributed by atoms with E-state index in [2.05, 4.69) is 0 Å². The highest BCUT2D eigenvalue weighted by Gasteiger charge is 2.60. The summed E-state index contributed by atoms with van der Waals surface area (Å²) in [6, 6.07) is 0. The second-order valence-corrected chi connectivity index (χ2v) is 3.42. The lowest BCUT2D eigenvalue weighted by Crippen LogP contribution is -2.44. The molecule has 5 nitrogen and oxygen atoms in total. The predicted molar refractivity (Wildman–Crippen MR) is 49.9 cm³/mol. The van der Waals surface area contributed by atoms with Crippen LogP contribution in [0, 0.1) is 5.41 Å². The number of carbonyl (C=O) groups excluding carboxylic acids is 3. The van der Waals surface area contributed by atoms with Crippen LogP contribution in [-0.4, -0.2) is 30.4 Å². The molecule has 1 aliphatic rings. The number of hydrogen-bond acceptors (Lipinski definition) is 5. The molecular formula is C10H14O5. The van der Waals surface area contributed by atoms with E-state index in [1.165, 1.54) is 6.92 Å². The Balaban J connectivity index is 3.08. The molecular weight excluding hydrogens is 200 g/mol. The molecule has 1 saturated heterocycles. The Morgan fingerprint density at radius 3 is 2.40 bits per heavy atom. The predicted octanol–water partition coefficient (Wildman–Crippen LogP) is 0.460. The van der Waals surface area contributed by atoms with Crippen LogP contribution < -0.4 is 0 Å². The summed E-state index contributed by atoms with van der Waals surface area (Å²) in [5.41, 5.74) is -1.44. The molecule has 1 heterocycles. The van der Waals surface area contributed by atoms with Crippen molar-refractivity contribution in [1.82, 2.24) is 0 Å². The van der Waals surface area contributed by atoms with Crippen molar-refractivity contribution < 1.29 is 23.9 Å². The molecule has 2 unspecified atom stereocenters. The third-order valence-electron chi connectivity index (χ3n) is 2.77. The van der Waals surface area contributed by atoms with Crippen LogP contribution in [0.2, 0.25) is 0 Å². The topological polar surface area (TPSA) is 69.7 Å². The molecule has 0 aromatic rings. The number of ketones is 1. The fraction of sp³-hybridized carbons (Fsp3) is 0.700. The quantitative estimate of drug-likeness (QED) is 0.388. The van der Waals surface area contributed by atoms with E-state index in [4.69, 9.17) is 9.47 Å². The minimum absolute atomic E-state index is 0.175. The van der Waals surface area contributed by atoms with Crippen LogP contribution in [0.25, 0.3) is 0 Å². The van der Waals surface area contributed by atoms with Crippen LogP contribution in [0.15, 0.2) is 0 Å². The summed E-state index contributed by atoms with van der Waals surface area (Å²) in [6.07, 6.45) is -0.543. The van der Waals surface area contributed by atoms with Gasteiger partial charge in [0.05, 0.1) is 6.61 Å². The zero-order valence-electron chi connectivity index (χ0n) is 9.03. The molecule has 0 aromatic heterocycles. The lowest BCUT2D eigenvalue weighted by atomic mass is 9.78. The zero-order valence-corrected chi connectivity index (χ0v) is 9.03. The summed E-state index contributed by atoms with van der Waals surface area (Å²) in [5, 5.41) is 0. The lowest BCUT2D eigenvalue weighted by Gasteiger charge is -2.24. The zero-order chi connectivity index (χ0) is 11.6. The van der Waals surface area contributed by atoms with Gasteiger partial charge in [-0.25, -0.2) is 4.79 Å². The summed E-state index contributed by atoms with van der Waals surface area (Å²) in [4.78, 5) is 34.4. The molecule has 1 rings (SSSR count). The molecule has 0 amide bonds. The maximum absolute atomic E-state index is 11.7. The number of cyclic esters (lactones) is 1. The maximum atomic E-state index is 11.7. The van der Waals surface area contributed by atoms with Crippen molar-refractivity contribution in [2.24, 2.45) is 5.41 Å². The molecule has 2 atom stereocenters. The van der Waals surface area contributed by atoms with Gasteiger partial charge < -0.3 is 9.47 Å². The van der Waals surface area contributed by atoms with E-state index in [9.17, 15) is 14.4 Å². The Kier molecular flexibility index (Phi) is 3.12. The highest BCUT2D eigenvalue weighted by Crippen LogP contribution is 2.37. The molecule has 0 aromatic carbocycles. The lowest BCUT2D eigenvalue weighted by molar-refractivity contribution is -0.161. The van der Waals surface area contributed by atoms with Gasteiger partial charge in [-0.3, -0.25) is 9.59 Å². The van der Waals surface area contributed by atoms with E-state index >= 15 is 0 Å². The first kappa shape index (κ1) is 11.7. The highest BCUT2D eigenvalue weighted by atomic mass is 16.6. The van der Waals surface area contributed by atoms with Crippen molar-refractivity contribution in [2.45, 2.75) is 33.3 Å². The van der Waals surface area contributed by atoms with E-state index < -0.39 is 29.2 Å². The van der Waals surface area contributed by atoms with E-state index in [0.717, 1.165) is 0 Å². The molecule has 15 heavy (non-hydrogen) atoms. The van der Waals surface area contributed by atoms with Gasteiger partial charge in [0.15, 0.2) is 5.41 Å². The maximum Gasteiger partial charge on any atom is 0.376 e. The van der Waals surface area contributed by atoms with Gasteiger partial charge in [0.2, 0.25) is 0 Å². The minimum Gasteiger partial charge on any atom is -0.465 e. The van der Waals surface area contributed by atoms with Crippen LogP contribution in [0.5, 0.6) is 0 Å². The summed E-state index contributed by atoms with van der Waals surface area (Å²) >= 11 is 0. The second-order valence-electron chi connectivity index (χ2n) is 3.42. The van der Waals surface area contributed by atoms with Crippen molar-refractivity contribution in [1.29, 1.82) is 0 Å². The average Bonchev–Trinajstić information content (AvgIpc) is 2.40. The number of carbonyl (C=O) groups is 3. The molecule has 0 N–H and O–H groups in total. The van der Waals surface area contributed by atoms with Crippen LogP contribution in [0.1, 0.15) is 27.2 Å². The first-order chi connectivity index (χ1) is 7.00. The summed E-state index contributed by atoms with van der Waals surface area (Å²) in [7, 11) is 0. The van der Waals surface area contributed by atoms with Gasteiger partial charge in [-0.15, -0.1) is 0 Å². The molecule has 84 valence electrons. The van der Waals surface area contributed by atoms with Gasteiger partial charge in [0, 0.05) is 0 Å². The Morgan fingerprint density at radius 2 is 2.07 bits per heavy atom. The Morgan fingerprint density at radius 1 is 1.47 bits per heavy atom. The van der Waals surface area contributed by atoms with Gasteiger partial charge in [-0.05, 0) is 20.3 Å². The molecule has 0 radical (unpaired) electrons. The number of ether oxygens (including phenoxy) is 2. The standard InChI is InChI=1S/C10H14O5/c1-4-10(9(13)14-5-2)6(3)15-8(12)7(10)11/h6H,4-5H2,1-3H3. The second kappa shape index (κ2) is 4.00. The smallest absolute Gasteiger partial charge is 0.376 e. The molecule has 0 spiro atoms. The van der Waals surface area contributed by atoms with Crippen molar-refractivity contribution in [3.8, 4) is 0 Å². The van der Waals surface area contributed by atoms with Crippen LogP contribution in [0.4, 0.5) is 0 Å². The summed E-state index contributed by atoms with van der Waals surface area (Å²) in [5.74, 6) is -2.41. The fourth-order valence-corrected chi connectivity index (χ4v) is 1.79. The van der Waals surface area contributed by atoms with Crippen LogP contribution >= 0.6 is 0 Å². The summed E-state index contributed by atoms with van der Waals surface area (Å²) in [6.45, 7) is 5.01. The van der Waals surface area contributed by atoms with Gasteiger partial charge >= 0.3 is 11.9 Å². The van der Waals surface area contributed by atoms with Crippen molar-refractivity contribution in [2.75, 3.05) is 6.61 Å². The van der Waals surface area contributed by atoms with Gasteiger partial charge in [0.25, 0.3) is 5.78 Å². The Hall–Kier alpha value is -1.39. The number of hydrogen-bond donors (Lipinski definition) is 0. The van der Waals surface area contributed by atoms with Crippen molar-refractivity contribution in [3.63, 3.8) is 0 Å². The highest BCUT2D eigenvalue weighted by molar-refractivity contribution is 6.42. The third kappa shape index (κ3) is 1.52. The van der Waals surface area contributed by atoms with E-state index in [-0.39, 0.29) is 13.0 Å². The van der Waals surface area contributed by atoms with Crippen molar-refractivity contribution in [3.05, 3.63) is 0 Å². The number of Topliss-reactive ketones (excluding diaryl/α,β-unsaturated/α-hetero) is 1. The molecule has 5 heteroatoms. The Labute approximate surface area is 87.7 Å². The van der Waals surface area contributed by atoms with Gasteiger partial charge in [-0.1, -0.05) is 6.92 Å². The van der Waals surface area contributed by atoms with Crippen LogP contribution in [-0.2, 0) is 23.9 Å². The monoisotopic (exact) mass is 214 g/mol. The van der Waals surface area contributed by atoms with E-state index in [1.807, 2.05) is 0 Å². The van der Waals surface area contributed by atoms with E-state index in [0.29, 0.717) is 0 Å². The first-order valence-corrected chi connectivity index (χ1v) is 4.93. The average molecular weight is 214 g/mol. The van der Waals surface area contributed by atoms with Gasteiger partial charge in [-0.2, -0.15) is 0 Å². The normalized spacial score (nSPS) is 30.2. The molecule has 0 aliphatic carbocycles.